The Bertz CT molecular complexity index is 1270. The molecular formula is C21H18FN5O3. The molecule has 8 nitrogen and oxygen atoms in total. The highest BCUT2D eigenvalue weighted by molar-refractivity contribution is 5.81. The van der Waals surface area contributed by atoms with E-state index in [-0.39, 0.29) is 5.75 Å². The van der Waals surface area contributed by atoms with Gasteiger partial charge >= 0.3 is 0 Å². The SMILES string of the molecule is COc1cc(-c2nc3c(C#N)c[nH]n3c2Nc2ccc(OC)c(OC)c2)ccc1F. The zero-order valence-electron chi connectivity index (χ0n) is 16.5. The van der Waals surface area contributed by atoms with E-state index in [1.165, 1.54) is 13.2 Å². The zero-order chi connectivity index (χ0) is 21.3. The molecule has 9 heteroatoms. The Hall–Kier alpha value is -4.19. The van der Waals surface area contributed by atoms with Crippen LogP contribution in [0.25, 0.3) is 16.9 Å². The van der Waals surface area contributed by atoms with Crippen molar-refractivity contribution in [3.63, 3.8) is 0 Å². The third-order valence-electron chi connectivity index (χ3n) is 4.65. The molecule has 30 heavy (non-hydrogen) atoms. The van der Waals surface area contributed by atoms with Crippen molar-refractivity contribution in [1.82, 2.24) is 14.6 Å². The minimum atomic E-state index is -0.474. The predicted molar refractivity (Wildman–Crippen MR) is 109 cm³/mol. The molecule has 4 aromatic rings. The number of rotatable bonds is 6. The molecule has 0 saturated heterocycles. The summed E-state index contributed by atoms with van der Waals surface area (Å²) < 4.78 is 31.3. The van der Waals surface area contributed by atoms with Gasteiger partial charge in [-0.15, -0.1) is 0 Å². The number of methoxy groups -OCH3 is 3. The van der Waals surface area contributed by atoms with E-state index in [0.717, 1.165) is 0 Å². The Kier molecular flexibility index (Phi) is 4.90. The zero-order valence-corrected chi connectivity index (χ0v) is 16.5. The summed E-state index contributed by atoms with van der Waals surface area (Å²) in [6, 6.07) is 12.0. The summed E-state index contributed by atoms with van der Waals surface area (Å²) in [4.78, 5) is 4.60. The maximum absolute atomic E-state index is 13.9. The van der Waals surface area contributed by atoms with Gasteiger partial charge in [-0.1, -0.05) is 0 Å². The van der Waals surface area contributed by atoms with E-state index in [1.54, 1.807) is 49.2 Å². The number of imidazole rings is 1. The number of hydrogen-bond acceptors (Lipinski definition) is 6. The molecule has 2 aromatic carbocycles. The minimum absolute atomic E-state index is 0.0988. The van der Waals surface area contributed by atoms with Crippen LogP contribution in [0, 0.1) is 17.1 Å². The third kappa shape index (κ3) is 3.14. The summed E-state index contributed by atoms with van der Waals surface area (Å²) in [7, 11) is 4.52. The lowest BCUT2D eigenvalue weighted by Gasteiger charge is -2.12. The van der Waals surface area contributed by atoms with Crippen LogP contribution < -0.4 is 19.5 Å². The lowest BCUT2D eigenvalue weighted by molar-refractivity contribution is 0.355. The molecule has 0 aliphatic heterocycles. The number of halogens is 1. The Morgan fingerprint density at radius 3 is 2.50 bits per heavy atom. The van der Waals surface area contributed by atoms with Gasteiger partial charge in [0.25, 0.3) is 0 Å². The predicted octanol–water partition coefficient (Wildman–Crippen LogP) is 4.11. The summed E-state index contributed by atoms with van der Waals surface area (Å²) in [6.45, 7) is 0. The summed E-state index contributed by atoms with van der Waals surface area (Å²) >= 11 is 0. The Balaban J connectivity index is 1.87. The fourth-order valence-corrected chi connectivity index (χ4v) is 3.18. The number of ether oxygens (including phenoxy) is 3. The van der Waals surface area contributed by atoms with Crippen LogP contribution in [0.15, 0.2) is 42.6 Å². The third-order valence-corrected chi connectivity index (χ3v) is 4.65. The van der Waals surface area contributed by atoms with E-state index in [1.807, 2.05) is 6.07 Å². The van der Waals surface area contributed by atoms with Crippen molar-refractivity contribution in [2.45, 2.75) is 0 Å². The second-order valence-electron chi connectivity index (χ2n) is 6.31. The Morgan fingerprint density at radius 2 is 1.80 bits per heavy atom. The quantitative estimate of drug-likeness (QED) is 0.499. The molecule has 4 rings (SSSR count). The van der Waals surface area contributed by atoms with E-state index in [9.17, 15) is 9.65 Å². The van der Waals surface area contributed by atoms with Gasteiger partial charge in [-0.25, -0.2) is 13.9 Å². The number of nitrogens with one attached hydrogen (secondary N) is 2. The van der Waals surface area contributed by atoms with E-state index in [4.69, 9.17) is 14.2 Å². The number of aromatic amines is 1. The van der Waals surface area contributed by atoms with Gasteiger partial charge in [-0.05, 0) is 30.3 Å². The molecule has 0 bridgehead atoms. The van der Waals surface area contributed by atoms with Crippen molar-refractivity contribution < 1.29 is 18.6 Å². The number of H-pyrrole nitrogens is 1. The number of nitrogens with zero attached hydrogens (tertiary/aromatic N) is 3. The van der Waals surface area contributed by atoms with E-state index in [2.05, 4.69) is 21.5 Å². The maximum Gasteiger partial charge on any atom is 0.173 e. The van der Waals surface area contributed by atoms with Gasteiger partial charge in [0.1, 0.15) is 17.3 Å². The van der Waals surface area contributed by atoms with Crippen LogP contribution in [0.4, 0.5) is 15.9 Å². The first kappa shape index (κ1) is 19.1. The van der Waals surface area contributed by atoms with Crippen molar-refractivity contribution in [2.75, 3.05) is 26.6 Å². The molecule has 0 amide bonds. The molecule has 2 aromatic heterocycles. The highest BCUT2D eigenvalue weighted by Crippen LogP contribution is 2.36. The summed E-state index contributed by atoms with van der Waals surface area (Å²) in [5.41, 5.74) is 2.67. The monoisotopic (exact) mass is 407 g/mol. The first-order valence-electron chi connectivity index (χ1n) is 8.92. The lowest BCUT2D eigenvalue weighted by atomic mass is 10.1. The van der Waals surface area contributed by atoms with Crippen LogP contribution >= 0.6 is 0 Å². The topological polar surface area (TPSA) is 96.6 Å². The van der Waals surface area contributed by atoms with Crippen LogP contribution in [0.5, 0.6) is 17.2 Å². The Morgan fingerprint density at radius 1 is 1.03 bits per heavy atom. The lowest BCUT2D eigenvalue weighted by Crippen LogP contribution is -1.99. The highest BCUT2D eigenvalue weighted by atomic mass is 19.1. The highest BCUT2D eigenvalue weighted by Gasteiger charge is 2.20. The second kappa shape index (κ2) is 7.67. The summed E-state index contributed by atoms with van der Waals surface area (Å²) in [5, 5.41) is 15.7. The molecule has 2 heterocycles. The molecule has 0 radical (unpaired) electrons. The van der Waals surface area contributed by atoms with E-state index >= 15 is 0 Å². The Labute approximate surface area is 171 Å². The van der Waals surface area contributed by atoms with Gasteiger partial charge in [0.05, 0.1) is 21.3 Å². The number of fused-ring (bicyclic) bond motifs is 1. The molecule has 0 atom stereocenters. The van der Waals surface area contributed by atoms with Crippen molar-refractivity contribution in [3.8, 4) is 34.6 Å². The van der Waals surface area contributed by atoms with Crippen molar-refractivity contribution in [3.05, 3.63) is 54.0 Å². The van der Waals surface area contributed by atoms with Gasteiger partial charge in [0, 0.05) is 23.5 Å². The fraction of sp³-hybridized carbons (Fsp3) is 0.143. The number of hydrogen-bond donors (Lipinski definition) is 2. The van der Waals surface area contributed by atoms with Crippen molar-refractivity contribution in [2.24, 2.45) is 0 Å². The average Bonchev–Trinajstić information content (AvgIpc) is 3.33. The fourth-order valence-electron chi connectivity index (χ4n) is 3.18. The normalized spacial score (nSPS) is 10.6. The molecule has 0 spiro atoms. The molecule has 0 fully saturated rings. The van der Waals surface area contributed by atoms with Gasteiger partial charge < -0.3 is 19.5 Å². The van der Waals surface area contributed by atoms with E-state index < -0.39 is 5.82 Å². The molecule has 0 saturated carbocycles. The number of aromatic nitrogens is 3. The van der Waals surface area contributed by atoms with Crippen molar-refractivity contribution >= 4 is 17.2 Å². The van der Waals surface area contributed by atoms with Crippen LogP contribution in [-0.4, -0.2) is 35.9 Å². The number of benzene rings is 2. The molecule has 0 unspecified atom stereocenters. The molecule has 152 valence electrons. The van der Waals surface area contributed by atoms with Gasteiger partial charge in [0.2, 0.25) is 0 Å². The first-order chi connectivity index (χ1) is 14.6. The van der Waals surface area contributed by atoms with Crippen LogP contribution in [-0.2, 0) is 0 Å². The summed E-state index contributed by atoms with van der Waals surface area (Å²) in [6.07, 6.45) is 1.57. The smallest absolute Gasteiger partial charge is 0.173 e. The largest absolute Gasteiger partial charge is 0.494 e. The van der Waals surface area contributed by atoms with Gasteiger partial charge in [0.15, 0.2) is 34.5 Å². The molecule has 2 N–H and O–H groups in total. The minimum Gasteiger partial charge on any atom is -0.494 e. The van der Waals surface area contributed by atoms with Gasteiger partial charge in [-0.2, -0.15) is 5.26 Å². The number of anilines is 2. The van der Waals surface area contributed by atoms with Crippen LogP contribution in [0.1, 0.15) is 5.56 Å². The molecule has 0 aliphatic rings. The average molecular weight is 407 g/mol. The molecular weight excluding hydrogens is 389 g/mol. The standard InChI is InChI=1S/C21H18FN5O3/c1-28-16-7-5-14(9-18(16)30-3)25-21-19(12-4-6-15(22)17(8-12)29-2)26-20-13(10-23)11-24-27(20)21/h4-9,11,24-25H,1-3H3. The summed E-state index contributed by atoms with van der Waals surface area (Å²) in [5.74, 6) is 1.33. The molecule has 0 aliphatic carbocycles. The second-order valence-corrected chi connectivity index (χ2v) is 6.31. The maximum atomic E-state index is 13.9. The van der Waals surface area contributed by atoms with E-state index in [0.29, 0.717) is 45.5 Å². The van der Waals surface area contributed by atoms with Crippen LogP contribution in [0.2, 0.25) is 0 Å². The number of nitriles is 1. The first-order valence-corrected chi connectivity index (χ1v) is 8.92. The van der Waals surface area contributed by atoms with Crippen molar-refractivity contribution in [1.29, 1.82) is 5.26 Å². The van der Waals surface area contributed by atoms with Gasteiger partial charge in [-0.3, -0.25) is 5.10 Å². The van der Waals surface area contributed by atoms with Crippen LogP contribution in [0.3, 0.4) is 0 Å².